The zero-order chi connectivity index (χ0) is 13.2. The van der Waals surface area contributed by atoms with Crippen LogP contribution in [0.3, 0.4) is 0 Å². The third-order valence-corrected chi connectivity index (χ3v) is 3.36. The molecule has 4 nitrogen and oxygen atoms in total. The first kappa shape index (κ1) is 13.5. The lowest BCUT2D eigenvalue weighted by Gasteiger charge is -2.21. The molecule has 18 heavy (non-hydrogen) atoms. The Bertz CT molecular complexity index is 434. The number of hydrogen-bond acceptors (Lipinski definition) is 4. The molecule has 1 atom stereocenters. The Hall–Kier alpha value is -0.970. The van der Waals surface area contributed by atoms with E-state index in [9.17, 15) is 5.11 Å². The molecule has 1 aromatic carbocycles. The van der Waals surface area contributed by atoms with Gasteiger partial charge in [0.25, 0.3) is 0 Å². The first-order valence-electron chi connectivity index (χ1n) is 6.03. The highest BCUT2D eigenvalue weighted by Crippen LogP contribution is 2.39. The van der Waals surface area contributed by atoms with E-state index in [1.165, 1.54) is 0 Å². The van der Waals surface area contributed by atoms with Crippen molar-refractivity contribution in [2.24, 2.45) is 0 Å². The summed E-state index contributed by atoms with van der Waals surface area (Å²) in [5.74, 6) is 1.29. The first-order chi connectivity index (χ1) is 8.52. The lowest BCUT2D eigenvalue weighted by Crippen LogP contribution is -2.36. The van der Waals surface area contributed by atoms with Gasteiger partial charge >= 0.3 is 0 Å². The molecular weight excluding hydrogens is 254 g/mol. The summed E-state index contributed by atoms with van der Waals surface area (Å²) in [6.45, 7) is 5.16. The highest BCUT2D eigenvalue weighted by atomic mass is 35.5. The molecule has 1 aliphatic heterocycles. The standard InChI is InChI=1S/C13H18ClNO3/c1-3-13(2,16)7-15-6-9-4-10(14)12-11(5-9)17-8-18-12/h4-5,15-16H,3,6-8H2,1-2H3. The normalized spacial score (nSPS) is 16.7. The maximum Gasteiger partial charge on any atom is 0.231 e. The fourth-order valence-electron chi connectivity index (χ4n) is 1.72. The van der Waals surface area contributed by atoms with Crippen LogP contribution in [0.5, 0.6) is 11.5 Å². The van der Waals surface area contributed by atoms with Crippen molar-refractivity contribution in [2.75, 3.05) is 13.3 Å². The maximum atomic E-state index is 9.88. The molecule has 0 aromatic heterocycles. The molecule has 0 aliphatic carbocycles. The number of hydrogen-bond donors (Lipinski definition) is 2. The number of rotatable bonds is 5. The third kappa shape index (κ3) is 3.07. The van der Waals surface area contributed by atoms with Gasteiger partial charge in [-0.15, -0.1) is 0 Å². The molecule has 0 bridgehead atoms. The Labute approximate surface area is 112 Å². The molecule has 5 heteroatoms. The van der Waals surface area contributed by atoms with Crippen LogP contribution in [-0.2, 0) is 6.54 Å². The van der Waals surface area contributed by atoms with E-state index >= 15 is 0 Å². The van der Waals surface area contributed by atoms with Gasteiger partial charge in [0.1, 0.15) is 0 Å². The van der Waals surface area contributed by atoms with Crippen LogP contribution in [0.25, 0.3) is 0 Å². The average Bonchev–Trinajstić information content (AvgIpc) is 2.77. The smallest absolute Gasteiger partial charge is 0.231 e. The molecule has 2 rings (SSSR count). The van der Waals surface area contributed by atoms with Crippen molar-refractivity contribution in [2.45, 2.75) is 32.4 Å². The molecule has 0 saturated carbocycles. The first-order valence-corrected chi connectivity index (χ1v) is 6.41. The van der Waals surface area contributed by atoms with Crippen molar-refractivity contribution < 1.29 is 14.6 Å². The summed E-state index contributed by atoms with van der Waals surface area (Å²) >= 11 is 6.09. The van der Waals surface area contributed by atoms with Crippen molar-refractivity contribution >= 4 is 11.6 Å². The van der Waals surface area contributed by atoms with Gasteiger partial charge in [0.05, 0.1) is 10.6 Å². The lowest BCUT2D eigenvalue weighted by atomic mass is 10.0. The van der Waals surface area contributed by atoms with Crippen molar-refractivity contribution in [3.63, 3.8) is 0 Å². The van der Waals surface area contributed by atoms with Crippen LogP contribution in [-0.4, -0.2) is 24.0 Å². The molecular formula is C13H18ClNO3. The number of benzene rings is 1. The predicted molar refractivity (Wildman–Crippen MR) is 70.2 cm³/mol. The van der Waals surface area contributed by atoms with Crippen molar-refractivity contribution in [1.29, 1.82) is 0 Å². The summed E-state index contributed by atoms with van der Waals surface area (Å²) in [6, 6.07) is 3.75. The van der Waals surface area contributed by atoms with E-state index in [1.807, 2.05) is 26.0 Å². The van der Waals surface area contributed by atoms with Gasteiger partial charge in [0.2, 0.25) is 6.79 Å². The van der Waals surface area contributed by atoms with E-state index in [0.29, 0.717) is 36.0 Å². The largest absolute Gasteiger partial charge is 0.454 e. The van der Waals surface area contributed by atoms with Crippen molar-refractivity contribution in [3.05, 3.63) is 22.7 Å². The molecule has 0 spiro atoms. The number of aliphatic hydroxyl groups is 1. The second-order valence-corrected chi connectivity index (χ2v) is 5.17. The van der Waals surface area contributed by atoms with Crippen LogP contribution in [0.2, 0.25) is 5.02 Å². The molecule has 1 unspecified atom stereocenters. The van der Waals surface area contributed by atoms with Crippen molar-refractivity contribution in [3.8, 4) is 11.5 Å². The SMILES string of the molecule is CCC(C)(O)CNCc1cc(Cl)c2c(c1)OCO2. The average molecular weight is 272 g/mol. The molecule has 0 fully saturated rings. The second-order valence-electron chi connectivity index (χ2n) is 4.77. The Kier molecular flexibility index (Phi) is 4.00. The summed E-state index contributed by atoms with van der Waals surface area (Å²) in [4.78, 5) is 0. The molecule has 0 amide bonds. The monoisotopic (exact) mass is 271 g/mol. The number of halogens is 1. The van der Waals surface area contributed by atoms with Crippen LogP contribution in [0, 0.1) is 0 Å². The minimum Gasteiger partial charge on any atom is -0.454 e. The summed E-state index contributed by atoms with van der Waals surface area (Å²) in [7, 11) is 0. The fraction of sp³-hybridized carbons (Fsp3) is 0.538. The van der Waals surface area contributed by atoms with Crippen LogP contribution in [0.4, 0.5) is 0 Å². The molecule has 0 saturated heterocycles. The van der Waals surface area contributed by atoms with Crippen molar-refractivity contribution in [1.82, 2.24) is 5.32 Å². The van der Waals surface area contributed by atoms with Gasteiger partial charge in [-0.2, -0.15) is 0 Å². The van der Waals surface area contributed by atoms with E-state index < -0.39 is 5.60 Å². The molecule has 0 radical (unpaired) electrons. The van der Waals surface area contributed by atoms with Gasteiger partial charge in [-0.1, -0.05) is 18.5 Å². The molecule has 1 aromatic rings. The molecule has 1 aliphatic rings. The Morgan fingerprint density at radius 1 is 1.44 bits per heavy atom. The van der Waals surface area contributed by atoms with Gasteiger partial charge in [-0.05, 0) is 31.0 Å². The van der Waals surface area contributed by atoms with Gasteiger partial charge in [-0.25, -0.2) is 0 Å². The van der Waals surface area contributed by atoms with Gasteiger partial charge in [-0.3, -0.25) is 0 Å². The van der Waals surface area contributed by atoms with Gasteiger partial charge in [0.15, 0.2) is 11.5 Å². The zero-order valence-corrected chi connectivity index (χ0v) is 11.4. The summed E-state index contributed by atoms with van der Waals surface area (Å²) in [5.41, 5.74) is 0.330. The minimum absolute atomic E-state index is 0.219. The van der Waals surface area contributed by atoms with Gasteiger partial charge in [0, 0.05) is 13.1 Å². The van der Waals surface area contributed by atoms with Crippen LogP contribution >= 0.6 is 11.6 Å². The van der Waals surface area contributed by atoms with E-state index in [1.54, 1.807) is 0 Å². The summed E-state index contributed by atoms with van der Waals surface area (Å²) in [5, 5.41) is 13.6. The van der Waals surface area contributed by atoms with Crippen LogP contribution < -0.4 is 14.8 Å². The lowest BCUT2D eigenvalue weighted by molar-refractivity contribution is 0.0555. The minimum atomic E-state index is -0.680. The second kappa shape index (κ2) is 5.34. The van der Waals surface area contributed by atoms with E-state index in [0.717, 1.165) is 5.56 Å². The van der Waals surface area contributed by atoms with E-state index in [2.05, 4.69) is 5.32 Å². The predicted octanol–water partition coefficient (Wildman–Crippen LogP) is 2.32. The topological polar surface area (TPSA) is 50.7 Å². The Balaban J connectivity index is 1.97. The van der Waals surface area contributed by atoms with E-state index in [-0.39, 0.29) is 6.79 Å². The Morgan fingerprint density at radius 2 is 2.22 bits per heavy atom. The Morgan fingerprint density at radius 3 is 2.94 bits per heavy atom. The molecule has 1 heterocycles. The summed E-state index contributed by atoms with van der Waals surface area (Å²) < 4.78 is 10.6. The third-order valence-electron chi connectivity index (χ3n) is 3.08. The highest BCUT2D eigenvalue weighted by Gasteiger charge is 2.19. The molecule has 2 N–H and O–H groups in total. The zero-order valence-electron chi connectivity index (χ0n) is 10.6. The van der Waals surface area contributed by atoms with Gasteiger partial charge < -0.3 is 19.9 Å². The van der Waals surface area contributed by atoms with Crippen LogP contribution in [0.1, 0.15) is 25.8 Å². The maximum absolute atomic E-state index is 9.88. The number of ether oxygens (including phenoxy) is 2. The molecule has 100 valence electrons. The number of nitrogens with one attached hydrogen (secondary N) is 1. The van der Waals surface area contributed by atoms with E-state index in [4.69, 9.17) is 21.1 Å². The highest BCUT2D eigenvalue weighted by molar-refractivity contribution is 6.32. The van der Waals surface area contributed by atoms with Crippen LogP contribution in [0.15, 0.2) is 12.1 Å². The summed E-state index contributed by atoms with van der Waals surface area (Å²) in [6.07, 6.45) is 0.710. The fourth-order valence-corrected chi connectivity index (χ4v) is 2.01. The number of fused-ring (bicyclic) bond motifs is 1. The quantitative estimate of drug-likeness (QED) is 0.863.